The zero-order chi connectivity index (χ0) is 15.8. The van der Waals surface area contributed by atoms with Crippen LogP contribution in [0.4, 0.5) is 5.69 Å². The Morgan fingerprint density at radius 1 is 1.41 bits per heavy atom. The van der Waals surface area contributed by atoms with Crippen molar-refractivity contribution in [3.05, 3.63) is 54.5 Å². The third kappa shape index (κ3) is 4.83. The first-order chi connectivity index (χ1) is 10.7. The minimum Gasteiger partial charge on any atom is -0.465 e. The molecule has 0 spiro atoms. The first kappa shape index (κ1) is 15.9. The summed E-state index contributed by atoms with van der Waals surface area (Å²) >= 11 is 1.56. The van der Waals surface area contributed by atoms with E-state index in [1.807, 2.05) is 31.2 Å². The predicted molar refractivity (Wildman–Crippen MR) is 88.3 cm³/mol. The van der Waals surface area contributed by atoms with Gasteiger partial charge in [0.2, 0.25) is 5.91 Å². The van der Waals surface area contributed by atoms with Crippen LogP contribution in [0.1, 0.15) is 12.7 Å². The summed E-state index contributed by atoms with van der Waals surface area (Å²) in [6.45, 7) is 1.88. The molecule has 1 aromatic heterocycles. The third-order valence-corrected chi connectivity index (χ3v) is 4.13. The van der Waals surface area contributed by atoms with Crippen LogP contribution in [0.5, 0.6) is 0 Å². The summed E-state index contributed by atoms with van der Waals surface area (Å²) in [4.78, 5) is 12.9. The molecule has 1 atom stereocenters. The van der Waals surface area contributed by atoms with E-state index in [2.05, 4.69) is 11.4 Å². The molecule has 0 aliphatic rings. The molecule has 5 heteroatoms. The number of furan rings is 1. The van der Waals surface area contributed by atoms with Gasteiger partial charge in [0.15, 0.2) is 0 Å². The molecule has 0 radical (unpaired) electrons. The van der Waals surface area contributed by atoms with Crippen LogP contribution in [-0.4, -0.2) is 11.7 Å². The average molecular weight is 312 g/mol. The van der Waals surface area contributed by atoms with E-state index in [1.165, 1.54) is 6.08 Å². The second-order valence-electron chi connectivity index (χ2n) is 4.68. The Morgan fingerprint density at radius 2 is 2.23 bits per heavy atom. The maximum absolute atomic E-state index is 12.0. The maximum Gasteiger partial charge on any atom is 0.248 e. The molecule has 4 nitrogen and oxygen atoms in total. The zero-order valence-corrected chi connectivity index (χ0v) is 13.0. The number of hydrogen-bond acceptors (Lipinski definition) is 4. The van der Waals surface area contributed by atoms with E-state index in [1.54, 1.807) is 36.2 Å². The summed E-state index contributed by atoms with van der Waals surface area (Å²) in [5, 5.41) is 11.7. The Bertz CT molecular complexity index is 687. The molecule has 0 saturated heterocycles. The number of nitrogens with zero attached hydrogens (tertiary/aromatic N) is 1. The van der Waals surface area contributed by atoms with Crippen LogP contribution in [-0.2, 0) is 4.79 Å². The highest BCUT2D eigenvalue weighted by atomic mass is 32.2. The summed E-state index contributed by atoms with van der Waals surface area (Å²) in [5.74, 6) is 1.05. The van der Waals surface area contributed by atoms with Crippen molar-refractivity contribution in [2.24, 2.45) is 5.92 Å². The van der Waals surface area contributed by atoms with Crippen LogP contribution in [0.15, 0.2) is 58.1 Å². The minimum atomic E-state index is -0.224. The summed E-state index contributed by atoms with van der Waals surface area (Å²) in [6.07, 6.45) is 4.60. The molecule has 2 rings (SSSR count). The van der Waals surface area contributed by atoms with E-state index in [0.717, 1.165) is 10.6 Å². The summed E-state index contributed by atoms with van der Waals surface area (Å²) in [7, 11) is 0. The number of nitrogens with one attached hydrogen (secondary N) is 1. The largest absolute Gasteiger partial charge is 0.465 e. The van der Waals surface area contributed by atoms with Crippen molar-refractivity contribution in [1.29, 1.82) is 5.26 Å². The average Bonchev–Trinajstić information content (AvgIpc) is 3.05. The van der Waals surface area contributed by atoms with Gasteiger partial charge in [0.25, 0.3) is 0 Å². The molecular formula is C17H16N2O2S. The first-order valence-electron chi connectivity index (χ1n) is 6.83. The normalized spacial score (nSPS) is 12.0. The van der Waals surface area contributed by atoms with Crippen LogP contribution in [0.2, 0.25) is 0 Å². The fraction of sp³-hybridized carbons (Fsp3) is 0.176. The highest BCUT2D eigenvalue weighted by molar-refractivity contribution is 7.99. The van der Waals surface area contributed by atoms with Crippen LogP contribution >= 0.6 is 11.8 Å². The number of carbonyl (C=O) groups is 1. The fourth-order valence-corrected chi connectivity index (χ4v) is 2.62. The van der Waals surface area contributed by atoms with Gasteiger partial charge in [0.1, 0.15) is 5.76 Å². The Morgan fingerprint density at radius 3 is 2.95 bits per heavy atom. The lowest BCUT2D eigenvalue weighted by atomic mass is 10.3. The highest BCUT2D eigenvalue weighted by Crippen LogP contribution is 2.28. The number of thioether (sulfide) groups is 1. The van der Waals surface area contributed by atoms with E-state index in [4.69, 9.17) is 9.68 Å². The number of para-hydroxylation sites is 1. The standard InChI is InChI=1S/C17H16N2O2S/c1-13(11-18)12-22-16-7-3-2-6-15(16)19-17(20)9-8-14-5-4-10-21-14/h2-10,13H,12H2,1H3,(H,19,20)/b9-8-/t13-/m1/s1. The molecule has 0 aliphatic heterocycles. The van der Waals surface area contributed by atoms with E-state index in [9.17, 15) is 4.79 Å². The van der Waals surface area contributed by atoms with Gasteiger partial charge in [-0.25, -0.2) is 0 Å². The van der Waals surface area contributed by atoms with Gasteiger partial charge in [0, 0.05) is 16.7 Å². The van der Waals surface area contributed by atoms with Crippen LogP contribution < -0.4 is 5.32 Å². The summed E-state index contributed by atoms with van der Waals surface area (Å²) in [5.41, 5.74) is 0.742. The molecule has 1 amide bonds. The molecule has 112 valence electrons. The van der Waals surface area contributed by atoms with Gasteiger partial charge in [-0.3, -0.25) is 4.79 Å². The number of carbonyl (C=O) groups excluding carboxylic acids is 1. The molecule has 0 aliphatic carbocycles. The van der Waals surface area contributed by atoms with E-state index >= 15 is 0 Å². The third-order valence-electron chi connectivity index (χ3n) is 2.80. The number of amides is 1. The highest BCUT2D eigenvalue weighted by Gasteiger charge is 2.07. The second-order valence-corrected chi connectivity index (χ2v) is 5.74. The number of benzene rings is 1. The lowest BCUT2D eigenvalue weighted by Crippen LogP contribution is -2.08. The van der Waals surface area contributed by atoms with Gasteiger partial charge in [0.05, 0.1) is 23.9 Å². The van der Waals surface area contributed by atoms with Crippen molar-refractivity contribution >= 4 is 29.4 Å². The predicted octanol–water partition coefficient (Wildman–Crippen LogP) is 4.18. The van der Waals surface area contributed by atoms with Gasteiger partial charge in [-0.2, -0.15) is 5.26 Å². The lowest BCUT2D eigenvalue weighted by Gasteiger charge is -2.09. The quantitative estimate of drug-likeness (QED) is 0.642. The lowest BCUT2D eigenvalue weighted by molar-refractivity contribution is -0.111. The zero-order valence-electron chi connectivity index (χ0n) is 12.2. The molecule has 0 fully saturated rings. The smallest absolute Gasteiger partial charge is 0.248 e. The number of hydrogen-bond donors (Lipinski definition) is 1. The fourth-order valence-electron chi connectivity index (χ4n) is 1.67. The molecule has 22 heavy (non-hydrogen) atoms. The number of nitriles is 1. The van der Waals surface area contributed by atoms with Crippen molar-refractivity contribution in [2.45, 2.75) is 11.8 Å². The summed E-state index contributed by atoms with van der Waals surface area (Å²) in [6, 6.07) is 13.3. The summed E-state index contributed by atoms with van der Waals surface area (Å²) < 4.78 is 5.13. The molecule has 0 unspecified atom stereocenters. The molecule has 1 heterocycles. The maximum atomic E-state index is 12.0. The van der Waals surface area contributed by atoms with Crippen LogP contribution in [0.25, 0.3) is 6.08 Å². The molecule has 0 saturated carbocycles. The van der Waals surface area contributed by atoms with E-state index in [-0.39, 0.29) is 11.8 Å². The topological polar surface area (TPSA) is 66.0 Å². The molecule has 0 bridgehead atoms. The van der Waals surface area contributed by atoms with Gasteiger partial charge in [-0.1, -0.05) is 12.1 Å². The van der Waals surface area contributed by atoms with Crippen molar-refractivity contribution < 1.29 is 9.21 Å². The SMILES string of the molecule is C[C@H](C#N)CSc1ccccc1NC(=O)/C=C\c1ccco1. The Labute approximate surface area is 133 Å². The molecule has 2 aromatic rings. The first-order valence-corrected chi connectivity index (χ1v) is 7.81. The van der Waals surface area contributed by atoms with Crippen molar-refractivity contribution in [3.8, 4) is 6.07 Å². The molecule has 1 N–H and O–H groups in total. The van der Waals surface area contributed by atoms with Crippen molar-refractivity contribution in [2.75, 3.05) is 11.1 Å². The van der Waals surface area contributed by atoms with Gasteiger partial charge < -0.3 is 9.73 Å². The Balaban J connectivity index is 2.00. The number of rotatable bonds is 6. The van der Waals surface area contributed by atoms with Crippen molar-refractivity contribution in [1.82, 2.24) is 0 Å². The van der Waals surface area contributed by atoms with Gasteiger partial charge in [-0.05, 0) is 37.3 Å². The minimum absolute atomic E-state index is 0.0346. The molecule has 1 aromatic carbocycles. The molecular weight excluding hydrogens is 296 g/mol. The monoisotopic (exact) mass is 312 g/mol. The van der Waals surface area contributed by atoms with E-state index < -0.39 is 0 Å². The Kier molecular flexibility index (Phi) is 5.87. The van der Waals surface area contributed by atoms with Gasteiger partial charge in [-0.15, -0.1) is 11.8 Å². The van der Waals surface area contributed by atoms with Crippen LogP contribution in [0.3, 0.4) is 0 Å². The van der Waals surface area contributed by atoms with Crippen LogP contribution in [0, 0.1) is 17.2 Å². The number of anilines is 1. The van der Waals surface area contributed by atoms with E-state index in [0.29, 0.717) is 11.5 Å². The van der Waals surface area contributed by atoms with Gasteiger partial charge >= 0.3 is 0 Å². The van der Waals surface area contributed by atoms with Crippen molar-refractivity contribution in [3.63, 3.8) is 0 Å². The second kappa shape index (κ2) is 8.11. The Hall–Kier alpha value is -2.45.